The summed E-state index contributed by atoms with van der Waals surface area (Å²) < 4.78 is 13.1. The molecule has 4 aromatic carbocycles. The predicted molar refractivity (Wildman–Crippen MR) is 172 cm³/mol. The van der Waals surface area contributed by atoms with Gasteiger partial charge in [0.25, 0.3) is 0 Å². The van der Waals surface area contributed by atoms with Gasteiger partial charge in [-0.2, -0.15) is 0 Å². The highest BCUT2D eigenvalue weighted by Gasteiger charge is 2.32. The molecule has 1 saturated heterocycles. The van der Waals surface area contributed by atoms with Crippen LogP contribution in [-0.2, 0) is 38.8 Å². The number of benzene rings is 4. The number of aliphatic hydroxyl groups excluding tert-OH is 1. The average Bonchev–Trinajstić information content (AvgIpc) is 3.07. The summed E-state index contributed by atoms with van der Waals surface area (Å²) in [5, 5.41) is 21.2. The second-order valence-electron chi connectivity index (χ2n) is 11.5. The van der Waals surface area contributed by atoms with E-state index in [9.17, 15) is 14.7 Å². The van der Waals surface area contributed by atoms with Gasteiger partial charge in [0.05, 0.1) is 25.2 Å². The number of ether oxygens (including phenoxy) is 2. The minimum absolute atomic E-state index is 0.00296. The molecule has 0 unspecified atom stereocenters. The summed E-state index contributed by atoms with van der Waals surface area (Å²) in [6, 6.07) is 34.2. The standard InChI is InChI=1S/C37H40N2O6/c1-39(23-26-7-3-2-4-8-26)24-32-21-34(29-13-11-27(25-40)12-14-29)45-37(44-32)30-17-15-28(16-18-30)33-10-6-5-9-31(33)22-38-35(41)19-20-36(42)43/h2-18,32,34,37,40H,19-25H2,1H3,(H,38,41)(H,42,43)/t32-,34+,37+/m1/s1. The number of rotatable bonds is 13. The zero-order valence-electron chi connectivity index (χ0n) is 25.5. The Morgan fingerprint density at radius 3 is 2.22 bits per heavy atom. The Labute approximate surface area is 264 Å². The van der Waals surface area contributed by atoms with Gasteiger partial charge < -0.3 is 25.0 Å². The Morgan fingerprint density at radius 1 is 0.822 bits per heavy atom. The first-order valence-corrected chi connectivity index (χ1v) is 15.3. The zero-order chi connectivity index (χ0) is 31.6. The zero-order valence-corrected chi connectivity index (χ0v) is 25.5. The number of amides is 1. The van der Waals surface area contributed by atoms with Crippen molar-refractivity contribution in [2.45, 2.75) is 57.5 Å². The fraction of sp³-hybridized carbons (Fsp3) is 0.297. The van der Waals surface area contributed by atoms with Gasteiger partial charge in [-0.3, -0.25) is 14.5 Å². The van der Waals surface area contributed by atoms with Gasteiger partial charge in [0.15, 0.2) is 6.29 Å². The molecule has 1 amide bonds. The largest absolute Gasteiger partial charge is 0.481 e. The number of aliphatic carboxylic acids is 1. The Morgan fingerprint density at radius 2 is 1.51 bits per heavy atom. The third-order valence-electron chi connectivity index (χ3n) is 7.98. The fourth-order valence-corrected chi connectivity index (χ4v) is 5.62. The average molecular weight is 609 g/mol. The van der Waals surface area contributed by atoms with E-state index in [1.54, 1.807) is 0 Å². The molecule has 8 nitrogen and oxygen atoms in total. The number of likely N-dealkylation sites (N-methyl/N-ethyl adjacent to an activating group) is 1. The van der Waals surface area contributed by atoms with Crippen LogP contribution in [0.1, 0.15) is 59.5 Å². The first-order chi connectivity index (χ1) is 21.9. The van der Waals surface area contributed by atoms with Gasteiger partial charge in [0, 0.05) is 38.0 Å². The summed E-state index contributed by atoms with van der Waals surface area (Å²) in [6.07, 6.45) is -0.337. The second-order valence-corrected chi connectivity index (χ2v) is 11.5. The van der Waals surface area contributed by atoms with Crippen LogP contribution in [0.2, 0.25) is 0 Å². The molecule has 45 heavy (non-hydrogen) atoms. The van der Waals surface area contributed by atoms with E-state index in [-0.39, 0.29) is 37.6 Å². The van der Waals surface area contributed by atoms with Crippen molar-refractivity contribution >= 4 is 11.9 Å². The van der Waals surface area contributed by atoms with Gasteiger partial charge in [-0.05, 0) is 40.4 Å². The van der Waals surface area contributed by atoms with Crippen LogP contribution in [-0.4, -0.2) is 46.7 Å². The third kappa shape index (κ3) is 9.09. The lowest BCUT2D eigenvalue weighted by Crippen LogP contribution is -2.37. The van der Waals surface area contributed by atoms with E-state index in [1.807, 2.05) is 78.9 Å². The molecule has 234 valence electrons. The van der Waals surface area contributed by atoms with Crippen LogP contribution in [0, 0.1) is 0 Å². The Kier molecular flexibility index (Phi) is 11.1. The van der Waals surface area contributed by atoms with Crippen molar-refractivity contribution in [3.63, 3.8) is 0 Å². The number of hydrogen-bond acceptors (Lipinski definition) is 6. The minimum atomic E-state index is -0.993. The van der Waals surface area contributed by atoms with E-state index in [4.69, 9.17) is 14.6 Å². The Balaban J connectivity index is 1.31. The number of hydrogen-bond donors (Lipinski definition) is 3. The summed E-state index contributed by atoms with van der Waals surface area (Å²) in [4.78, 5) is 25.2. The van der Waals surface area contributed by atoms with Crippen LogP contribution in [0.4, 0.5) is 0 Å². The van der Waals surface area contributed by atoms with Gasteiger partial charge in [0.2, 0.25) is 5.91 Å². The highest BCUT2D eigenvalue weighted by Crippen LogP contribution is 2.39. The minimum Gasteiger partial charge on any atom is -0.481 e. The first kappa shape index (κ1) is 32.1. The lowest BCUT2D eigenvalue weighted by atomic mass is 9.97. The van der Waals surface area contributed by atoms with Crippen molar-refractivity contribution in [2.24, 2.45) is 0 Å². The van der Waals surface area contributed by atoms with E-state index in [0.717, 1.165) is 46.5 Å². The van der Waals surface area contributed by atoms with Crippen LogP contribution in [0.3, 0.4) is 0 Å². The number of carbonyl (C=O) groups is 2. The maximum atomic E-state index is 12.1. The lowest BCUT2D eigenvalue weighted by Gasteiger charge is -2.38. The van der Waals surface area contributed by atoms with Gasteiger partial charge in [-0.25, -0.2) is 0 Å². The molecule has 0 radical (unpaired) electrons. The normalized spacial score (nSPS) is 18.1. The van der Waals surface area contributed by atoms with Crippen molar-refractivity contribution in [3.8, 4) is 11.1 Å². The SMILES string of the molecule is CN(Cc1ccccc1)C[C@H]1C[C@@H](c2ccc(CO)cc2)O[C@@H](c2ccc(-c3ccccc3CNC(=O)CCC(=O)O)cc2)O1. The van der Waals surface area contributed by atoms with Crippen LogP contribution >= 0.6 is 0 Å². The molecule has 3 atom stereocenters. The summed E-state index contributed by atoms with van der Waals surface area (Å²) in [5.74, 6) is -1.29. The molecular formula is C37H40N2O6. The maximum absolute atomic E-state index is 12.1. The van der Waals surface area contributed by atoms with E-state index in [1.165, 1.54) is 5.56 Å². The summed E-state index contributed by atoms with van der Waals surface area (Å²) in [5.41, 5.74) is 6.97. The molecular weight excluding hydrogens is 568 g/mol. The van der Waals surface area contributed by atoms with E-state index >= 15 is 0 Å². The predicted octanol–water partition coefficient (Wildman–Crippen LogP) is 6.00. The number of carbonyl (C=O) groups excluding carboxylic acids is 1. The molecule has 8 heteroatoms. The highest BCUT2D eigenvalue weighted by atomic mass is 16.7. The lowest BCUT2D eigenvalue weighted by molar-refractivity contribution is -0.252. The number of nitrogens with zero attached hydrogens (tertiary/aromatic N) is 1. The number of carboxylic acid groups (broad SMARTS) is 1. The van der Waals surface area contributed by atoms with Crippen LogP contribution < -0.4 is 5.32 Å². The molecule has 0 spiro atoms. The second kappa shape index (κ2) is 15.6. The molecule has 1 fully saturated rings. The van der Waals surface area contributed by atoms with Crippen LogP contribution in [0.5, 0.6) is 0 Å². The van der Waals surface area contributed by atoms with Crippen molar-refractivity contribution in [1.82, 2.24) is 10.2 Å². The summed E-state index contributed by atoms with van der Waals surface area (Å²) in [7, 11) is 2.10. The molecule has 0 aromatic heterocycles. The molecule has 0 aliphatic carbocycles. The Hall–Kier alpha value is -4.34. The maximum Gasteiger partial charge on any atom is 0.303 e. The van der Waals surface area contributed by atoms with E-state index in [2.05, 4.69) is 41.5 Å². The van der Waals surface area contributed by atoms with Crippen LogP contribution in [0.25, 0.3) is 11.1 Å². The Bertz CT molecular complexity index is 1540. The van der Waals surface area contributed by atoms with Gasteiger partial charge in [0.1, 0.15) is 0 Å². The van der Waals surface area contributed by atoms with Crippen molar-refractivity contribution in [3.05, 3.63) is 131 Å². The number of nitrogens with one attached hydrogen (secondary N) is 1. The van der Waals surface area contributed by atoms with Gasteiger partial charge in [-0.15, -0.1) is 0 Å². The summed E-state index contributed by atoms with van der Waals surface area (Å²) >= 11 is 0. The van der Waals surface area contributed by atoms with Gasteiger partial charge >= 0.3 is 5.97 Å². The molecule has 0 bridgehead atoms. The monoisotopic (exact) mass is 608 g/mol. The van der Waals surface area contributed by atoms with Gasteiger partial charge in [-0.1, -0.05) is 103 Å². The summed E-state index contributed by atoms with van der Waals surface area (Å²) in [6.45, 7) is 1.86. The van der Waals surface area contributed by atoms with Crippen molar-refractivity contribution < 1.29 is 29.3 Å². The third-order valence-corrected chi connectivity index (χ3v) is 7.98. The van der Waals surface area contributed by atoms with Crippen molar-refractivity contribution in [1.29, 1.82) is 0 Å². The molecule has 4 aromatic rings. The molecule has 3 N–H and O–H groups in total. The molecule has 0 saturated carbocycles. The van der Waals surface area contributed by atoms with Crippen molar-refractivity contribution in [2.75, 3.05) is 13.6 Å². The quantitative estimate of drug-likeness (QED) is 0.171. The highest BCUT2D eigenvalue weighted by molar-refractivity contribution is 5.80. The van der Waals surface area contributed by atoms with E-state index < -0.39 is 12.3 Å². The molecule has 1 aliphatic rings. The van der Waals surface area contributed by atoms with Crippen LogP contribution in [0.15, 0.2) is 103 Å². The molecule has 1 heterocycles. The molecule has 1 aliphatic heterocycles. The first-order valence-electron chi connectivity index (χ1n) is 15.3. The number of carboxylic acids is 1. The smallest absolute Gasteiger partial charge is 0.303 e. The molecule has 5 rings (SSSR count). The fourth-order valence-electron chi connectivity index (χ4n) is 5.62. The topological polar surface area (TPSA) is 108 Å². The number of aliphatic hydroxyl groups is 1. The van der Waals surface area contributed by atoms with E-state index in [0.29, 0.717) is 13.0 Å².